The van der Waals surface area contributed by atoms with Crippen molar-refractivity contribution in [1.29, 1.82) is 0 Å². The van der Waals surface area contributed by atoms with E-state index < -0.39 is 0 Å². The van der Waals surface area contributed by atoms with E-state index in [1.807, 2.05) is 18.2 Å². The molecule has 29 heavy (non-hydrogen) atoms. The van der Waals surface area contributed by atoms with Crippen LogP contribution in [0.3, 0.4) is 0 Å². The monoisotopic (exact) mass is 396 g/mol. The SMILES string of the molecule is NCCCOc1cc(Nc2nccc(NCC3CCNCC3)n2)cc2cn[nH]c12. The molecule has 0 aliphatic carbocycles. The summed E-state index contributed by atoms with van der Waals surface area (Å²) in [6.07, 6.45) is 6.71. The highest BCUT2D eigenvalue weighted by Crippen LogP contribution is 2.29. The molecule has 0 bridgehead atoms. The van der Waals surface area contributed by atoms with Crippen molar-refractivity contribution in [3.8, 4) is 5.75 Å². The summed E-state index contributed by atoms with van der Waals surface area (Å²) >= 11 is 0. The van der Waals surface area contributed by atoms with Gasteiger partial charge in [0.15, 0.2) is 0 Å². The Bertz CT molecular complexity index is 922. The van der Waals surface area contributed by atoms with E-state index in [0.29, 0.717) is 25.0 Å². The van der Waals surface area contributed by atoms with Crippen LogP contribution < -0.4 is 26.4 Å². The van der Waals surface area contributed by atoms with Crippen LogP contribution in [0.5, 0.6) is 5.75 Å². The van der Waals surface area contributed by atoms with Crippen LogP contribution >= 0.6 is 0 Å². The fourth-order valence-corrected chi connectivity index (χ4v) is 3.46. The van der Waals surface area contributed by atoms with E-state index in [-0.39, 0.29) is 0 Å². The van der Waals surface area contributed by atoms with E-state index in [4.69, 9.17) is 10.5 Å². The van der Waals surface area contributed by atoms with Crippen LogP contribution in [0.15, 0.2) is 30.6 Å². The van der Waals surface area contributed by atoms with E-state index in [1.165, 1.54) is 12.8 Å². The normalized spacial score (nSPS) is 14.8. The Balaban J connectivity index is 1.44. The van der Waals surface area contributed by atoms with E-state index in [9.17, 15) is 0 Å². The third kappa shape index (κ3) is 5.12. The Morgan fingerprint density at radius 1 is 1.24 bits per heavy atom. The number of hydrogen-bond donors (Lipinski definition) is 5. The molecule has 9 heteroatoms. The molecule has 0 saturated carbocycles. The van der Waals surface area contributed by atoms with Crippen molar-refractivity contribution in [1.82, 2.24) is 25.5 Å². The van der Waals surface area contributed by atoms with Crippen molar-refractivity contribution in [3.05, 3.63) is 30.6 Å². The van der Waals surface area contributed by atoms with Crippen LogP contribution in [-0.2, 0) is 0 Å². The van der Waals surface area contributed by atoms with Gasteiger partial charge in [-0.25, -0.2) is 4.98 Å². The number of H-pyrrole nitrogens is 1. The van der Waals surface area contributed by atoms with Crippen LogP contribution in [0, 0.1) is 5.92 Å². The zero-order chi connectivity index (χ0) is 19.9. The van der Waals surface area contributed by atoms with Gasteiger partial charge in [-0.15, -0.1) is 0 Å². The van der Waals surface area contributed by atoms with Crippen molar-refractivity contribution >= 4 is 28.4 Å². The van der Waals surface area contributed by atoms with Crippen LogP contribution in [0.4, 0.5) is 17.5 Å². The van der Waals surface area contributed by atoms with Gasteiger partial charge in [-0.3, -0.25) is 5.10 Å². The molecule has 0 amide bonds. The first-order valence-electron chi connectivity index (χ1n) is 10.2. The molecular weight excluding hydrogens is 368 g/mol. The number of aromatic nitrogens is 4. The average molecular weight is 396 g/mol. The predicted molar refractivity (Wildman–Crippen MR) is 115 cm³/mol. The zero-order valence-electron chi connectivity index (χ0n) is 16.4. The summed E-state index contributed by atoms with van der Waals surface area (Å²) in [6, 6.07) is 5.82. The average Bonchev–Trinajstić information content (AvgIpc) is 3.22. The van der Waals surface area contributed by atoms with E-state index in [1.54, 1.807) is 12.4 Å². The summed E-state index contributed by atoms with van der Waals surface area (Å²) in [7, 11) is 0. The van der Waals surface area contributed by atoms with Gasteiger partial charge >= 0.3 is 0 Å². The second-order valence-electron chi connectivity index (χ2n) is 7.26. The first-order chi connectivity index (χ1) is 14.3. The number of benzene rings is 1. The molecule has 4 rings (SSSR count). The molecule has 6 N–H and O–H groups in total. The maximum atomic E-state index is 5.88. The Morgan fingerprint density at radius 2 is 2.14 bits per heavy atom. The number of piperidine rings is 1. The third-order valence-corrected chi connectivity index (χ3v) is 5.06. The van der Waals surface area contributed by atoms with Crippen LogP contribution in [0.25, 0.3) is 10.9 Å². The van der Waals surface area contributed by atoms with Crippen molar-refractivity contribution in [2.45, 2.75) is 19.3 Å². The fraction of sp³-hybridized carbons (Fsp3) is 0.450. The number of fused-ring (bicyclic) bond motifs is 1. The highest BCUT2D eigenvalue weighted by atomic mass is 16.5. The number of aromatic amines is 1. The quantitative estimate of drug-likeness (QED) is 0.349. The first kappa shape index (κ1) is 19.4. The van der Waals surface area contributed by atoms with E-state index >= 15 is 0 Å². The van der Waals surface area contributed by atoms with Gasteiger partial charge in [-0.1, -0.05) is 0 Å². The number of nitrogens with two attached hydrogens (primary N) is 1. The molecule has 1 fully saturated rings. The summed E-state index contributed by atoms with van der Waals surface area (Å²) in [4.78, 5) is 8.94. The minimum atomic E-state index is 0.538. The molecule has 1 aromatic carbocycles. The molecule has 9 nitrogen and oxygen atoms in total. The van der Waals surface area contributed by atoms with Gasteiger partial charge in [-0.05, 0) is 56.9 Å². The van der Waals surface area contributed by atoms with Crippen LogP contribution in [0.1, 0.15) is 19.3 Å². The Morgan fingerprint density at radius 3 is 3.00 bits per heavy atom. The van der Waals surface area contributed by atoms with E-state index in [0.717, 1.165) is 54.2 Å². The fourth-order valence-electron chi connectivity index (χ4n) is 3.46. The van der Waals surface area contributed by atoms with E-state index in [2.05, 4.69) is 36.1 Å². The topological polar surface area (TPSA) is 126 Å². The summed E-state index contributed by atoms with van der Waals surface area (Å²) < 4.78 is 5.88. The lowest BCUT2D eigenvalue weighted by atomic mass is 9.98. The second-order valence-corrected chi connectivity index (χ2v) is 7.26. The number of ether oxygens (including phenoxy) is 1. The smallest absolute Gasteiger partial charge is 0.229 e. The Hall–Kier alpha value is -2.91. The number of rotatable bonds is 9. The molecule has 1 aliphatic rings. The minimum Gasteiger partial charge on any atom is -0.491 e. The van der Waals surface area contributed by atoms with Crippen molar-refractivity contribution in [2.75, 3.05) is 43.4 Å². The highest BCUT2D eigenvalue weighted by molar-refractivity contribution is 5.88. The molecule has 0 spiro atoms. The Kier molecular flexibility index (Phi) is 6.38. The summed E-state index contributed by atoms with van der Waals surface area (Å²) in [6.45, 7) is 4.26. The number of hydrogen-bond acceptors (Lipinski definition) is 8. The molecule has 2 aromatic heterocycles. The molecule has 0 unspecified atom stereocenters. The molecular formula is C20H28N8O. The highest BCUT2D eigenvalue weighted by Gasteiger charge is 2.13. The molecule has 0 atom stereocenters. The zero-order valence-corrected chi connectivity index (χ0v) is 16.4. The van der Waals surface area contributed by atoms with Gasteiger partial charge in [0.05, 0.1) is 12.8 Å². The molecule has 3 aromatic rings. The maximum absolute atomic E-state index is 5.88. The first-order valence-corrected chi connectivity index (χ1v) is 10.2. The molecule has 154 valence electrons. The van der Waals surface area contributed by atoms with Gasteiger partial charge < -0.3 is 26.4 Å². The van der Waals surface area contributed by atoms with Gasteiger partial charge in [0.2, 0.25) is 5.95 Å². The van der Waals surface area contributed by atoms with Crippen molar-refractivity contribution in [2.24, 2.45) is 11.7 Å². The number of nitrogens with one attached hydrogen (secondary N) is 4. The lowest BCUT2D eigenvalue weighted by Gasteiger charge is -2.23. The number of anilines is 3. The van der Waals surface area contributed by atoms with Crippen LogP contribution in [0.2, 0.25) is 0 Å². The molecule has 0 radical (unpaired) electrons. The Labute approximate surface area is 169 Å². The number of nitrogens with zero attached hydrogens (tertiary/aromatic N) is 3. The predicted octanol–water partition coefficient (Wildman–Crippen LogP) is 2.24. The largest absolute Gasteiger partial charge is 0.491 e. The summed E-state index contributed by atoms with van der Waals surface area (Å²) in [5.74, 6) is 2.77. The molecule has 1 aliphatic heterocycles. The standard InChI is InChI=1S/C20H28N8O/c21-5-1-9-29-17-11-16(10-15-13-25-28-19(15)17)26-20-23-8-4-18(27-20)24-12-14-2-6-22-7-3-14/h4,8,10-11,13-14,22H,1-3,5-7,9,12,21H2,(H,25,28)(H2,23,24,26,27). The van der Waals surface area contributed by atoms with Gasteiger partial charge in [-0.2, -0.15) is 10.1 Å². The van der Waals surface area contributed by atoms with Gasteiger partial charge in [0, 0.05) is 29.9 Å². The summed E-state index contributed by atoms with van der Waals surface area (Å²) in [5.41, 5.74) is 7.28. The lowest BCUT2D eigenvalue weighted by molar-refractivity contribution is 0.316. The van der Waals surface area contributed by atoms with Crippen molar-refractivity contribution in [3.63, 3.8) is 0 Å². The lowest BCUT2D eigenvalue weighted by Crippen LogP contribution is -2.31. The minimum absolute atomic E-state index is 0.538. The van der Waals surface area contributed by atoms with Gasteiger partial charge in [0.25, 0.3) is 0 Å². The van der Waals surface area contributed by atoms with Gasteiger partial charge in [0.1, 0.15) is 17.1 Å². The summed E-state index contributed by atoms with van der Waals surface area (Å²) in [5, 5.41) is 18.2. The third-order valence-electron chi connectivity index (χ3n) is 5.06. The second kappa shape index (κ2) is 9.53. The van der Waals surface area contributed by atoms with Crippen LogP contribution in [-0.4, -0.2) is 53.0 Å². The molecule has 3 heterocycles. The molecule has 1 saturated heterocycles. The van der Waals surface area contributed by atoms with Crippen molar-refractivity contribution < 1.29 is 4.74 Å². The maximum Gasteiger partial charge on any atom is 0.229 e.